The van der Waals surface area contributed by atoms with Crippen LogP contribution in [0, 0.1) is 0 Å². The predicted octanol–water partition coefficient (Wildman–Crippen LogP) is 12.8. The first kappa shape index (κ1) is 26.0. The molecule has 45 heavy (non-hydrogen) atoms. The molecule has 0 aliphatic rings. The van der Waals surface area contributed by atoms with E-state index in [0.29, 0.717) is 0 Å². The second-order valence-electron chi connectivity index (χ2n) is 11.6. The van der Waals surface area contributed by atoms with Crippen LogP contribution in [0.15, 0.2) is 140 Å². The minimum absolute atomic E-state index is 1.16. The molecule has 7 aromatic carbocycles. The van der Waals surface area contributed by atoms with Crippen molar-refractivity contribution in [2.75, 3.05) is 0 Å². The Morgan fingerprint density at radius 2 is 1.11 bits per heavy atom. The summed E-state index contributed by atoms with van der Waals surface area (Å²) in [5, 5.41) is 11.7. The van der Waals surface area contributed by atoms with Gasteiger partial charge >= 0.3 is 0 Å². The number of thiophene rings is 1. The van der Waals surface area contributed by atoms with Gasteiger partial charge in [0.1, 0.15) is 0 Å². The molecule has 0 bridgehead atoms. The highest BCUT2D eigenvalue weighted by Gasteiger charge is 2.25. The lowest BCUT2D eigenvalue weighted by Crippen LogP contribution is -1.94. The molecule has 2 heteroatoms. The topological polar surface area (TPSA) is 4.93 Å². The fourth-order valence-corrected chi connectivity index (χ4v) is 8.62. The SMILES string of the molecule is C=Cc1sc2c(c1/C=C\C)c1c3ccccc3c3ccccc3c1c1c3ccccc3n(-c3ccc(-c4ccccc4)cc3)c21. The summed E-state index contributed by atoms with van der Waals surface area (Å²) < 4.78 is 3.79. The fraction of sp³-hybridized carbons (Fsp3) is 0.0233. The number of hydrogen-bond acceptors (Lipinski definition) is 1. The van der Waals surface area contributed by atoms with Gasteiger partial charge in [0.25, 0.3) is 0 Å². The largest absolute Gasteiger partial charge is 0.308 e. The zero-order valence-electron chi connectivity index (χ0n) is 24.9. The number of aromatic nitrogens is 1. The average molecular weight is 592 g/mol. The number of allylic oxidation sites excluding steroid dienone is 1. The lowest BCUT2D eigenvalue weighted by molar-refractivity contribution is 1.19. The van der Waals surface area contributed by atoms with E-state index in [1.165, 1.54) is 85.8 Å². The van der Waals surface area contributed by atoms with Crippen molar-refractivity contribution in [3.63, 3.8) is 0 Å². The molecule has 212 valence electrons. The molecule has 9 aromatic rings. The standard InChI is InChI=1S/C43H29NS/c1-3-14-35-37(4-2)45-43-41(35)39-33-20-11-9-18-31(33)30-17-8-10-19-32(30)38(39)40-34-21-12-13-22-36(34)44(42(40)43)29-25-23-28(24-26-29)27-15-6-5-7-16-27/h3-26H,2H2,1H3/b14-3-. The van der Waals surface area contributed by atoms with Crippen LogP contribution in [-0.4, -0.2) is 4.57 Å². The van der Waals surface area contributed by atoms with Gasteiger partial charge in [-0.25, -0.2) is 0 Å². The predicted molar refractivity (Wildman–Crippen MR) is 199 cm³/mol. The number of hydrogen-bond donors (Lipinski definition) is 0. The lowest BCUT2D eigenvalue weighted by atomic mass is 9.89. The summed E-state index contributed by atoms with van der Waals surface area (Å²) in [6.45, 7) is 6.38. The highest BCUT2D eigenvalue weighted by Crippen LogP contribution is 2.51. The van der Waals surface area contributed by atoms with Gasteiger partial charge in [0.15, 0.2) is 0 Å². The molecular weight excluding hydrogens is 563 g/mol. The van der Waals surface area contributed by atoms with E-state index in [1.807, 2.05) is 17.4 Å². The summed E-state index contributed by atoms with van der Waals surface area (Å²) in [7, 11) is 0. The third kappa shape index (κ3) is 3.67. The summed E-state index contributed by atoms with van der Waals surface area (Å²) in [4.78, 5) is 1.20. The molecule has 1 nitrogen and oxygen atoms in total. The van der Waals surface area contributed by atoms with E-state index in [4.69, 9.17) is 0 Å². The Labute approximate surface area is 265 Å². The molecule has 0 amide bonds. The van der Waals surface area contributed by atoms with E-state index in [1.54, 1.807) is 0 Å². The molecular formula is C43H29NS. The summed E-state index contributed by atoms with van der Waals surface area (Å²) in [6.07, 6.45) is 6.46. The molecule has 0 saturated heterocycles. The van der Waals surface area contributed by atoms with Gasteiger partial charge in [0.05, 0.1) is 15.7 Å². The van der Waals surface area contributed by atoms with Crippen LogP contribution in [-0.2, 0) is 0 Å². The van der Waals surface area contributed by atoms with Crippen molar-refractivity contribution in [3.8, 4) is 16.8 Å². The molecule has 0 unspecified atom stereocenters. The zero-order chi connectivity index (χ0) is 30.1. The van der Waals surface area contributed by atoms with Crippen LogP contribution in [0.1, 0.15) is 17.4 Å². The van der Waals surface area contributed by atoms with Crippen molar-refractivity contribution < 1.29 is 0 Å². The van der Waals surface area contributed by atoms with Crippen molar-refractivity contribution in [2.24, 2.45) is 0 Å². The van der Waals surface area contributed by atoms with E-state index >= 15 is 0 Å². The molecule has 0 radical (unpaired) electrons. The quantitative estimate of drug-likeness (QED) is 0.179. The summed E-state index contributed by atoms with van der Waals surface area (Å²) >= 11 is 1.86. The molecule has 0 N–H and O–H groups in total. The summed E-state index contributed by atoms with van der Waals surface area (Å²) in [6, 6.07) is 46.5. The summed E-state index contributed by atoms with van der Waals surface area (Å²) in [5.41, 5.74) is 7.32. The maximum absolute atomic E-state index is 4.27. The minimum Gasteiger partial charge on any atom is -0.308 e. The second kappa shape index (κ2) is 10.1. The van der Waals surface area contributed by atoms with Crippen LogP contribution in [0.25, 0.3) is 93.2 Å². The van der Waals surface area contributed by atoms with Gasteiger partial charge in [-0.15, -0.1) is 11.3 Å². The number of fused-ring (bicyclic) bond motifs is 13. The third-order valence-electron chi connectivity index (χ3n) is 9.25. The Morgan fingerprint density at radius 3 is 1.76 bits per heavy atom. The van der Waals surface area contributed by atoms with Crippen molar-refractivity contribution in [3.05, 3.63) is 150 Å². The average Bonchev–Trinajstić information content (AvgIpc) is 3.65. The number of nitrogens with zero attached hydrogens (tertiary/aromatic N) is 1. The molecule has 9 rings (SSSR count). The summed E-state index contributed by atoms with van der Waals surface area (Å²) in [5.74, 6) is 0. The third-order valence-corrected chi connectivity index (χ3v) is 10.5. The molecule has 0 aliphatic carbocycles. The van der Waals surface area contributed by atoms with E-state index in [-0.39, 0.29) is 0 Å². The monoisotopic (exact) mass is 591 g/mol. The van der Waals surface area contributed by atoms with E-state index in [0.717, 1.165) is 5.69 Å². The number of rotatable bonds is 4. The Morgan fingerprint density at radius 1 is 0.556 bits per heavy atom. The van der Waals surface area contributed by atoms with Gasteiger partial charge in [0, 0.05) is 43.1 Å². The molecule has 0 aliphatic heterocycles. The second-order valence-corrected chi connectivity index (χ2v) is 12.7. The van der Waals surface area contributed by atoms with Crippen LogP contribution < -0.4 is 0 Å². The van der Waals surface area contributed by atoms with Gasteiger partial charge in [-0.05, 0) is 57.8 Å². The van der Waals surface area contributed by atoms with Gasteiger partial charge in [-0.3, -0.25) is 0 Å². The van der Waals surface area contributed by atoms with Gasteiger partial charge in [-0.1, -0.05) is 134 Å². The Hall–Kier alpha value is -5.44. The smallest absolute Gasteiger partial charge is 0.0726 e. The van der Waals surface area contributed by atoms with Crippen LogP contribution in [0.2, 0.25) is 0 Å². The Kier molecular flexibility index (Phi) is 5.81. The molecule has 0 saturated carbocycles. The van der Waals surface area contributed by atoms with Crippen molar-refractivity contribution >= 4 is 87.7 Å². The molecule has 2 aromatic heterocycles. The van der Waals surface area contributed by atoms with Gasteiger partial charge < -0.3 is 4.57 Å². The van der Waals surface area contributed by atoms with E-state index in [9.17, 15) is 0 Å². The normalized spacial score (nSPS) is 12.1. The molecule has 0 atom stereocenters. The van der Waals surface area contributed by atoms with Gasteiger partial charge in [-0.2, -0.15) is 0 Å². The molecule has 0 fully saturated rings. The van der Waals surface area contributed by atoms with Crippen LogP contribution in [0.3, 0.4) is 0 Å². The van der Waals surface area contributed by atoms with Crippen LogP contribution in [0.4, 0.5) is 0 Å². The first-order valence-corrected chi connectivity index (χ1v) is 16.3. The first-order chi connectivity index (χ1) is 22.3. The maximum Gasteiger partial charge on any atom is 0.0726 e. The van der Waals surface area contributed by atoms with E-state index in [2.05, 4.69) is 158 Å². The highest BCUT2D eigenvalue weighted by atomic mass is 32.1. The Bertz CT molecular complexity index is 2650. The maximum atomic E-state index is 4.27. The number of para-hydroxylation sites is 1. The zero-order valence-corrected chi connectivity index (χ0v) is 25.7. The Balaban J connectivity index is 1.56. The van der Waals surface area contributed by atoms with Crippen molar-refractivity contribution in [1.82, 2.24) is 4.57 Å². The highest BCUT2D eigenvalue weighted by molar-refractivity contribution is 7.21. The van der Waals surface area contributed by atoms with Crippen molar-refractivity contribution in [2.45, 2.75) is 6.92 Å². The molecule has 2 heterocycles. The minimum atomic E-state index is 1.16. The first-order valence-electron chi connectivity index (χ1n) is 15.4. The number of benzene rings is 7. The van der Waals surface area contributed by atoms with Crippen LogP contribution >= 0.6 is 11.3 Å². The van der Waals surface area contributed by atoms with Crippen molar-refractivity contribution in [1.29, 1.82) is 0 Å². The lowest BCUT2D eigenvalue weighted by Gasteiger charge is -2.15. The van der Waals surface area contributed by atoms with Gasteiger partial charge in [0.2, 0.25) is 0 Å². The van der Waals surface area contributed by atoms with E-state index < -0.39 is 0 Å². The van der Waals surface area contributed by atoms with Crippen LogP contribution in [0.5, 0.6) is 0 Å². The fourth-order valence-electron chi connectivity index (χ4n) is 7.43. The molecule has 0 spiro atoms.